The van der Waals surface area contributed by atoms with E-state index in [0.29, 0.717) is 5.56 Å². The molecule has 1 atom stereocenters. The van der Waals surface area contributed by atoms with E-state index >= 15 is 0 Å². The molecule has 2 heteroatoms. The number of fused-ring (bicyclic) bond motifs is 3. The standard InChI is InChI=1S/C22H14O2/c23-22-20-13-17-8-4-3-7-16(17)12-19(20)21(24-22)18-10-9-14-5-1-2-6-15(14)11-18/h1-13,21H. The lowest BCUT2D eigenvalue weighted by molar-refractivity contribution is 0.0456. The minimum atomic E-state index is -0.332. The molecule has 0 spiro atoms. The van der Waals surface area contributed by atoms with Gasteiger partial charge in [0.25, 0.3) is 0 Å². The molecule has 1 aliphatic rings. The molecule has 0 saturated carbocycles. The van der Waals surface area contributed by atoms with E-state index in [4.69, 9.17) is 4.74 Å². The first-order valence-electron chi connectivity index (χ1n) is 8.02. The summed E-state index contributed by atoms with van der Waals surface area (Å²) in [6, 6.07) is 26.5. The number of rotatable bonds is 1. The number of hydrogen-bond donors (Lipinski definition) is 0. The van der Waals surface area contributed by atoms with Gasteiger partial charge < -0.3 is 4.74 Å². The van der Waals surface area contributed by atoms with Crippen LogP contribution in [0, 0.1) is 0 Å². The van der Waals surface area contributed by atoms with E-state index in [9.17, 15) is 4.79 Å². The molecule has 2 nitrogen and oxygen atoms in total. The maximum Gasteiger partial charge on any atom is 0.339 e. The van der Waals surface area contributed by atoms with Gasteiger partial charge in [-0.15, -0.1) is 0 Å². The first-order chi connectivity index (χ1) is 11.8. The summed E-state index contributed by atoms with van der Waals surface area (Å²) in [4.78, 5) is 12.3. The zero-order valence-corrected chi connectivity index (χ0v) is 12.9. The van der Waals surface area contributed by atoms with Crippen molar-refractivity contribution >= 4 is 27.5 Å². The van der Waals surface area contributed by atoms with Gasteiger partial charge in [-0.2, -0.15) is 0 Å². The summed E-state index contributed by atoms with van der Waals surface area (Å²) < 4.78 is 5.70. The number of carbonyl (C=O) groups excluding carboxylic acids is 1. The highest BCUT2D eigenvalue weighted by Crippen LogP contribution is 2.38. The van der Waals surface area contributed by atoms with E-state index in [1.54, 1.807) is 0 Å². The zero-order valence-electron chi connectivity index (χ0n) is 12.9. The monoisotopic (exact) mass is 310 g/mol. The molecule has 0 radical (unpaired) electrons. The largest absolute Gasteiger partial charge is 0.449 e. The molecule has 4 aromatic carbocycles. The predicted molar refractivity (Wildman–Crippen MR) is 95.2 cm³/mol. The fraction of sp³-hybridized carbons (Fsp3) is 0.0455. The molecule has 5 rings (SSSR count). The quantitative estimate of drug-likeness (QED) is 0.449. The Bertz CT molecular complexity index is 1110. The van der Waals surface area contributed by atoms with Crippen molar-refractivity contribution < 1.29 is 9.53 Å². The van der Waals surface area contributed by atoms with Gasteiger partial charge in [0.05, 0.1) is 5.56 Å². The Morgan fingerprint density at radius 1 is 0.667 bits per heavy atom. The Hall–Kier alpha value is -3.13. The molecule has 0 N–H and O–H groups in total. The Labute approximate surface area is 139 Å². The van der Waals surface area contributed by atoms with Crippen molar-refractivity contribution in [2.45, 2.75) is 6.10 Å². The van der Waals surface area contributed by atoms with E-state index < -0.39 is 0 Å². The van der Waals surface area contributed by atoms with Crippen LogP contribution in [0.5, 0.6) is 0 Å². The third kappa shape index (κ3) is 1.93. The average molecular weight is 310 g/mol. The minimum Gasteiger partial charge on any atom is -0.449 e. The van der Waals surface area contributed by atoms with Crippen molar-refractivity contribution in [3.63, 3.8) is 0 Å². The molecule has 0 aromatic heterocycles. The number of carbonyl (C=O) groups is 1. The second kappa shape index (κ2) is 4.93. The van der Waals surface area contributed by atoms with Gasteiger partial charge in [-0.3, -0.25) is 0 Å². The molecule has 0 fully saturated rings. The number of esters is 1. The first-order valence-corrected chi connectivity index (χ1v) is 8.02. The second-order valence-corrected chi connectivity index (χ2v) is 6.18. The van der Waals surface area contributed by atoms with E-state index in [1.807, 2.05) is 42.5 Å². The fourth-order valence-corrected chi connectivity index (χ4v) is 3.50. The lowest BCUT2D eigenvalue weighted by Gasteiger charge is -2.12. The van der Waals surface area contributed by atoms with Crippen molar-refractivity contribution in [3.05, 3.63) is 95.6 Å². The lowest BCUT2D eigenvalue weighted by Crippen LogP contribution is -2.00. The topological polar surface area (TPSA) is 26.3 Å². The second-order valence-electron chi connectivity index (χ2n) is 6.18. The van der Waals surface area contributed by atoms with Gasteiger partial charge in [0.1, 0.15) is 0 Å². The van der Waals surface area contributed by atoms with Crippen LogP contribution in [-0.2, 0) is 4.74 Å². The highest BCUT2D eigenvalue weighted by atomic mass is 16.5. The van der Waals surface area contributed by atoms with Crippen LogP contribution in [0.2, 0.25) is 0 Å². The summed E-state index contributed by atoms with van der Waals surface area (Å²) >= 11 is 0. The third-order valence-electron chi connectivity index (χ3n) is 4.72. The average Bonchev–Trinajstić information content (AvgIpc) is 2.95. The Morgan fingerprint density at radius 3 is 2.04 bits per heavy atom. The van der Waals surface area contributed by atoms with Crippen LogP contribution in [-0.4, -0.2) is 5.97 Å². The predicted octanol–water partition coefficient (Wildman–Crippen LogP) is 5.25. The van der Waals surface area contributed by atoms with Gasteiger partial charge in [-0.05, 0) is 45.3 Å². The third-order valence-corrected chi connectivity index (χ3v) is 4.72. The number of cyclic esters (lactones) is 1. The van der Waals surface area contributed by atoms with E-state index in [2.05, 4.69) is 36.4 Å². The molecule has 0 amide bonds. The number of hydrogen-bond acceptors (Lipinski definition) is 2. The van der Waals surface area contributed by atoms with Crippen molar-refractivity contribution in [3.8, 4) is 0 Å². The van der Waals surface area contributed by atoms with Crippen LogP contribution < -0.4 is 0 Å². The molecular weight excluding hydrogens is 296 g/mol. The van der Waals surface area contributed by atoms with Crippen LogP contribution >= 0.6 is 0 Å². The molecule has 1 aliphatic heterocycles. The highest BCUT2D eigenvalue weighted by molar-refractivity contribution is 6.00. The molecular formula is C22H14O2. The van der Waals surface area contributed by atoms with Crippen LogP contribution in [0.4, 0.5) is 0 Å². The molecule has 4 aromatic rings. The van der Waals surface area contributed by atoms with Gasteiger partial charge in [0, 0.05) is 5.56 Å². The molecule has 0 aliphatic carbocycles. The highest BCUT2D eigenvalue weighted by Gasteiger charge is 2.32. The van der Waals surface area contributed by atoms with Crippen LogP contribution in [0.3, 0.4) is 0 Å². The summed E-state index contributed by atoms with van der Waals surface area (Å²) in [6.07, 6.45) is -0.332. The van der Waals surface area contributed by atoms with Crippen LogP contribution in [0.1, 0.15) is 27.6 Å². The van der Waals surface area contributed by atoms with Crippen molar-refractivity contribution in [2.24, 2.45) is 0 Å². The molecule has 24 heavy (non-hydrogen) atoms. The smallest absolute Gasteiger partial charge is 0.339 e. The summed E-state index contributed by atoms with van der Waals surface area (Å²) in [7, 11) is 0. The maximum absolute atomic E-state index is 12.3. The molecule has 0 saturated heterocycles. The van der Waals surface area contributed by atoms with Crippen LogP contribution in [0.25, 0.3) is 21.5 Å². The fourth-order valence-electron chi connectivity index (χ4n) is 3.50. The zero-order chi connectivity index (χ0) is 16.1. The normalized spacial score (nSPS) is 16.3. The van der Waals surface area contributed by atoms with Gasteiger partial charge >= 0.3 is 5.97 Å². The summed E-state index contributed by atoms with van der Waals surface area (Å²) in [5, 5.41) is 4.53. The lowest BCUT2D eigenvalue weighted by atomic mass is 9.94. The van der Waals surface area contributed by atoms with Gasteiger partial charge in [-0.1, -0.05) is 60.7 Å². The molecule has 114 valence electrons. The minimum absolute atomic E-state index is 0.242. The summed E-state index contributed by atoms with van der Waals surface area (Å²) in [6.45, 7) is 0. The van der Waals surface area contributed by atoms with Crippen molar-refractivity contribution in [1.82, 2.24) is 0 Å². The number of benzene rings is 4. The molecule has 0 bridgehead atoms. The first kappa shape index (κ1) is 13.3. The van der Waals surface area contributed by atoms with Crippen molar-refractivity contribution in [1.29, 1.82) is 0 Å². The van der Waals surface area contributed by atoms with Crippen molar-refractivity contribution in [2.75, 3.05) is 0 Å². The summed E-state index contributed by atoms with van der Waals surface area (Å²) in [5.41, 5.74) is 2.64. The van der Waals surface area contributed by atoms with Gasteiger partial charge in [0.15, 0.2) is 6.10 Å². The van der Waals surface area contributed by atoms with Gasteiger partial charge in [0.2, 0.25) is 0 Å². The molecule has 1 heterocycles. The number of ether oxygens (including phenoxy) is 1. The van der Waals surface area contributed by atoms with E-state index in [0.717, 1.165) is 27.3 Å². The van der Waals surface area contributed by atoms with Gasteiger partial charge in [-0.25, -0.2) is 4.79 Å². The molecule has 1 unspecified atom stereocenters. The van der Waals surface area contributed by atoms with E-state index in [-0.39, 0.29) is 12.1 Å². The Kier molecular flexibility index (Phi) is 2.74. The summed E-state index contributed by atoms with van der Waals surface area (Å²) in [5.74, 6) is -0.242. The Balaban J connectivity index is 1.70. The SMILES string of the molecule is O=C1OC(c2ccc3ccccc3c2)c2cc3ccccc3cc21. The van der Waals surface area contributed by atoms with E-state index in [1.165, 1.54) is 5.39 Å². The maximum atomic E-state index is 12.3. The van der Waals surface area contributed by atoms with Crippen LogP contribution in [0.15, 0.2) is 78.9 Å². The Morgan fingerprint density at radius 2 is 1.29 bits per heavy atom.